The molecule has 0 fully saturated rings. The average Bonchev–Trinajstić information content (AvgIpc) is 2.93. The number of nitrogens with zero attached hydrogens (tertiary/aromatic N) is 3. The Labute approximate surface area is 111 Å². The molecule has 0 atom stereocenters. The summed E-state index contributed by atoms with van der Waals surface area (Å²) in [5, 5.41) is 14.1. The third-order valence-electron chi connectivity index (χ3n) is 2.49. The third kappa shape index (κ3) is 3.80. The van der Waals surface area contributed by atoms with Crippen molar-refractivity contribution in [3.8, 4) is 0 Å². The van der Waals surface area contributed by atoms with Gasteiger partial charge in [-0.2, -0.15) is 0 Å². The van der Waals surface area contributed by atoms with E-state index in [2.05, 4.69) is 34.3 Å². The van der Waals surface area contributed by atoms with Crippen LogP contribution in [-0.4, -0.2) is 15.2 Å². The Morgan fingerprint density at radius 1 is 1.39 bits per heavy atom. The van der Waals surface area contributed by atoms with Gasteiger partial charge in [-0.1, -0.05) is 18.9 Å². The number of nitrogens with one attached hydrogen (secondary N) is 1. The molecule has 0 bridgehead atoms. The predicted molar refractivity (Wildman–Crippen MR) is 71.6 cm³/mol. The summed E-state index contributed by atoms with van der Waals surface area (Å²) in [7, 11) is 0. The fraction of sp³-hybridized carbons (Fsp3) is 0.583. The smallest absolute Gasteiger partial charge is 0.315 e. The van der Waals surface area contributed by atoms with Crippen LogP contribution >= 0.6 is 11.3 Å². The first kappa shape index (κ1) is 13.0. The number of hydrogen-bond acceptors (Lipinski definition) is 6. The zero-order valence-corrected chi connectivity index (χ0v) is 11.8. The van der Waals surface area contributed by atoms with Crippen molar-refractivity contribution in [3.63, 3.8) is 0 Å². The lowest BCUT2D eigenvalue weighted by Gasteiger charge is -1.99. The maximum absolute atomic E-state index is 5.50. The molecule has 0 unspecified atom stereocenters. The minimum atomic E-state index is 0.472. The van der Waals surface area contributed by atoms with Crippen molar-refractivity contribution in [1.82, 2.24) is 15.2 Å². The van der Waals surface area contributed by atoms with E-state index in [1.165, 1.54) is 0 Å². The highest BCUT2D eigenvalue weighted by Gasteiger charge is 2.07. The Morgan fingerprint density at radius 3 is 2.89 bits per heavy atom. The predicted octanol–water partition coefficient (Wildman–Crippen LogP) is 3.04. The Kier molecular flexibility index (Phi) is 4.30. The molecule has 0 amide bonds. The van der Waals surface area contributed by atoms with Gasteiger partial charge < -0.3 is 9.73 Å². The number of rotatable bonds is 6. The van der Waals surface area contributed by atoms with Gasteiger partial charge in [0.2, 0.25) is 5.89 Å². The molecular weight excluding hydrogens is 248 g/mol. The summed E-state index contributed by atoms with van der Waals surface area (Å²) in [6.07, 6.45) is 1.90. The van der Waals surface area contributed by atoms with Crippen LogP contribution < -0.4 is 5.32 Å². The van der Waals surface area contributed by atoms with Crippen molar-refractivity contribution in [3.05, 3.63) is 22.0 Å². The molecule has 1 N–H and O–H groups in total. The van der Waals surface area contributed by atoms with Crippen LogP contribution in [0.15, 0.2) is 9.80 Å². The minimum Gasteiger partial charge on any atom is -0.408 e. The highest BCUT2D eigenvalue weighted by molar-refractivity contribution is 7.09. The zero-order chi connectivity index (χ0) is 13.0. The first-order valence-corrected chi connectivity index (χ1v) is 6.98. The van der Waals surface area contributed by atoms with Crippen LogP contribution in [0, 0.1) is 12.8 Å². The standard InChI is InChI=1S/C12H18N4OS/c1-8(2)4-5-11-15-16-12(17-11)13-6-10-7-18-9(3)14-10/h7-8H,4-6H2,1-3H3,(H,13,16). The van der Waals surface area contributed by atoms with Gasteiger partial charge in [-0.25, -0.2) is 4.98 Å². The number of aryl methyl sites for hydroxylation is 2. The normalized spacial score (nSPS) is 11.1. The molecule has 0 aliphatic carbocycles. The zero-order valence-electron chi connectivity index (χ0n) is 10.9. The monoisotopic (exact) mass is 266 g/mol. The van der Waals surface area contributed by atoms with Gasteiger partial charge in [0.05, 0.1) is 17.2 Å². The number of anilines is 1. The number of thiazole rings is 1. The van der Waals surface area contributed by atoms with Gasteiger partial charge in [-0.05, 0) is 19.3 Å². The molecule has 98 valence electrons. The van der Waals surface area contributed by atoms with E-state index < -0.39 is 0 Å². The van der Waals surface area contributed by atoms with E-state index in [1.807, 2.05) is 12.3 Å². The SMILES string of the molecule is Cc1nc(CNc2nnc(CCC(C)C)o2)cs1. The lowest BCUT2D eigenvalue weighted by molar-refractivity contribution is 0.469. The maximum atomic E-state index is 5.50. The van der Waals surface area contributed by atoms with E-state index in [0.29, 0.717) is 24.4 Å². The van der Waals surface area contributed by atoms with Gasteiger partial charge in [-0.3, -0.25) is 0 Å². The van der Waals surface area contributed by atoms with Crippen LogP contribution in [0.5, 0.6) is 0 Å². The summed E-state index contributed by atoms with van der Waals surface area (Å²) in [5.74, 6) is 1.34. The largest absolute Gasteiger partial charge is 0.408 e. The number of aromatic nitrogens is 3. The lowest BCUT2D eigenvalue weighted by atomic mass is 10.1. The van der Waals surface area contributed by atoms with Crippen LogP contribution in [0.2, 0.25) is 0 Å². The second-order valence-electron chi connectivity index (χ2n) is 4.64. The summed E-state index contributed by atoms with van der Waals surface area (Å²) >= 11 is 1.64. The maximum Gasteiger partial charge on any atom is 0.315 e. The summed E-state index contributed by atoms with van der Waals surface area (Å²) in [6.45, 7) is 6.97. The van der Waals surface area contributed by atoms with E-state index in [9.17, 15) is 0 Å². The van der Waals surface area contributed by atoms with E-state index in [1.54, 1.807) is 11.3 Å². The van der Waals surface area contributed by atoms with Crippen molar-refractivity contribution in [2.45, 2.75) is 40.2 Å². The van der Waals surface area contributed by atoms with Crippen LogP contribution in [0.25, 0.3) is 0 Å². The quantitative estimate of drug-likeness (QED) is 0.870. The fourth-order valence-corrected chi connectivity index (χ4v) is 2.11. The fourth-order valence-electron chi connectivity index (χ4n) is 1.49. The van der Waals surface area contributed by atoms with Crippen LogP contribution in [-0.2, 0) is 13.0 Å². The van der Waals surface area contributed by atoms with Gasteiger partial charge in [0.15, 0.2) is 0 Å². The summed E-state index contributed by atoms with van der Waals surface area (Å²) in [5.41, 5.74) is 0.999. The Morgan fingerprint density at radius 2 is 2.22 bits per heavy atom. The molecule has 0 radical (unpaired) electrons. The summed E-state index contributed by atoms with van der Waals surface area (Å²) in [6, 6.07) is 0.472. The topological polar surface area (TPSA) is 63.8 Å². The molecule has 2 aromatic rings. The Bertz CT molecular complexity index is 492. The van der Waals surface area contributed by atoms with Crippen molar-refractivity contribution in [2.24, 2.45) is 5.92 Å². The van der Waals surface area contributed by atoms with E-state index in [0.717, 1.165) is 23.5 Å². The van der Waals surface area contributed by atoms with Crippen molar-refractivity contribution in [1.29, 1.82) is 0 Å². The molecule has 18 heavy (non-hydrogen) atoms. The lowest BCUT2D eigenvalue weighted by Crippen LogP contribution is -1.99. The van der Waals surface area contributed by atoms with Gasteiger partial charge in [0.25, 0.3) is 0 Å². The molecule has 0 spiro atoms. The Balaban J connectivity index is 1.83. The first-order chi connectivity index (χ1) is 8.63. The highest BCUT2D eigenvalue weighted by Crippen LogP contribution is 2.13. The van der Waals surface area contributed by atoms with Crippen LogP contribution in [0.3, 0.4) is 0 Å². The van der Waals surface area contributed by atoms with Crippen LogP contribution in [0.4, 0.5) is 6.01 Å². The second-order valence-corrected chi connectivity index (χ2v) is 5.71. The first-order valence-electron chi connectivity index (χ1n) is 6.10. The van der Waals surface area contributed by atoms with Gasteiger partial charge in [0.1, 0.15) is 0 Å². The van der Waals surface area contributed by atoms with Crippen LogP contribution in [0.1, 0.15) is 36.9 Å². The molecular formula is C12H18N4OS. The molecule has 0 saturated carbocycles. The molecule has 0 aliphatic rings. The second kappa shape index (κ2) is 5.95. The minimum absolute atomic E-state index is 0.472. The van der Waals surface area contributed by atoms with Gasteiger partial charge in [-0.15, -0.1) is 16.4 Å². The number of hydrogen-bond donors (Lipinski definition) is 1. The highest BCUT2D eigenvalue weighted by atomic mass is 32.1. The molecule has 0 aromatic carbocycles. The van der Waals surface area contributed by atoms with Gasteiger partial charge >= 0.3 is 6.01 Å². The van der Waals surface area contributed by atoms with Crippen molar-refractivity contribution in [2.75, 3.05) is 5.32 Å². The molecule has 5 nitrogen and oxygen atoms in total. The molecule has 2 aromatic heterocycles. The van der Waals surface area contributed by atoms with Crippen molar-refractivity contribution >= 4 is 17.4 Å². The molecule has 0 aliphatic heterocycles. The summed E-state index contributed by atoms with van der Waals surface area (Å²) in [4.78, 5) is 4.36. The van der Waals surface area contributed by atoms with Crippen molar-refractivity contribution < 1.29 is 4.42 Å². The van der Waals surface area contributed by atoms with E-state index >= 15 is 0 Å². The molecule has 6 heteroatoms. The van der Waals surface area contributed by atoms with E-state index in [-0.39, 0.29) is 0 Å². The molecule has 2 heterocycles. The van der Waals surface area contributed by atoms with Gasteiger partial charge in [0, 0.05) is 11.8 Å². The third-order valence-corrected chi connectivity index (χ3v) is 3.31. The average molecular weight is 266 g/mol. The summed E-state index contributed by atoms with van der Waals surface area (Å²) < 4.78 is 5.50. The van der Waals surface area contributed by atoms with E-state index in [4.69, 9.17) is 4.42 Å². The Hall–Kier alpha value is -1.43. The molecule has 0 saturated heterocycles. The molecule has 2 rings (SSSR count).